The Bertz CT molecular complexity index is 568. The molecule has 8 heteroatoms. The molecular formula is C15H17F3N2O3. The molecule has 5 nitrogen and oxygen atoms in total. The molecule has 0 saturated heterocycles. The second-order valence-electron chi connectivity index (χ2n) is 5.52. The number of carbonyl (C=O) groups is 2. The van der Waals surface area contributed by atoms with Crippen molar-refractivity contribution in [1.82, 2.24) is 4.90 Å². The molecule has 1 aliphatic rings. The third-order valence-electron chi connectivity index (χ3n) is 3.32. The van der Waals surface area contributed by atoms with Gasteiger partial charge in [0.2, 0.25) is 0 Å². The largest absolute Gasteiger partial charge is 0.440 e. The first-order chi connectivity index (χ1) is 10.7. The average Bonchev–Trinajstić information content (AvgIpc) is 3.28. The smallest absolute Gasteiger partial charge is 0.422 e. The lowest BCUT2D eigenvalue weighted by atomic mass is 10.2. The third kappa shape index (κ3) is 5.80. The first kappa shape index (κ1) is 17.1. The van der Waals surface area contributed by atoms with Gasteiger partial charge in [0, 0.05) is 24.8 Å². The van der Waals surface area contributed by atoms with Crippen LogP contribution in [0.2, 0.25) is 0 Å². The monoisotopic (exact) mass is 330 g/mol. The van der Waals surface area contributed by atoms with Crippen molar-refractivity contribution in [2.75, 3.05) is 25.5 Å². The van der Waals surface area contributed by atoms with E-state index >= 15 is 0 Å². The lowest BCUT2D eigenvalue weighted by Gasteiger charge is -2.17. The minimum Gasteiger partial charge on any atom is -0.440 e. The number of ether oxygens (including phenoxy) is 1. The van der Waals surface area contributed by atoms with E-state index in [4.69, 9.17) is 0 Å². The molecule has 0 bridgehead atoms. The van der Waals surface area contributed by atoms with Crippen LogP contribution in [0.5, 0.6) is 0 Å². The highest BCUT2D eigenvalue weighted by Gasteiger charge is 2.29. The van der Waals surface area contributed by atoms with Gasteiger partial charge in [-0.1, -0.05) is 0 Å². The van der Waals surface area contributed by atoms with Gasteiger partial charge in [-0.15, -0.1) is 0 Å². The maximum absolute atomic E-state index is 12.1. The Morgan fingerprint density at radius 1 is 1.26 bits per heavy atom. The summed E-state index contributed by atoms with van der Waals surface area (Å²) in [5.74, 6) is 0.441. The highest BCUT2D eigenvalue weighted by atomic mass is 19.4. The zero-order valence-electron chi connectivity index (χ0n) is 12.5. The number of amides is 2. The summed E-state index contributed by atoms with van der Waals surface area (Å²) in [6.45, 7) is -0.941. The average molecular weight is 330 g/mol. The molecule has 1 aromatic rings. The second-order valence-corrected chi connectivity index (χ2v) is 5.52. The van der Waals surface area contributed by atoms with Crippen molar-refractivity contribution in [2.24, 2.45) is 5.92 Å². The zero-order chi connectivity index (χ0) is 17.0. The number of halogens is 3. The molecule has 1 fully saturated rings. The molecule has 23 heavy (non-hydrogen) atoms. The number of hydrogen-bond donors (Lipinski definition) is 1. The molecule has 1 N–H and O–H groups in total. The maximum atomic E-state index is 12.1. The van der Waals surface area contributed by atoms with Crippen molar-refractivity contribution in [3.63, 3.8) is 0 Å². The summed E-state index contributed by atoms with van der Waals surface area (Å²) in [6, 6.07) is 5.89. The van der Waals surface area contributed by atoms with Crippen LogP contribution in [0.4, 0.5) is 23.7 Å². The summed E-state index contributed by atoms with van der Waals surface area (Å²) in [6.07, 6.45) is -3.49. The fourth-order valence-electron chi connectivity index (χ4n) is 1.99. The van der Waals surface area contributed by atoms with Crippen LogP contribution in [-0.4, -0.2) is 43.3 Å². The van der Waals surface area contributed by atoms with Crippen molar-refractivity contribution < 1.29 is 27.5 Å². The number of carbonyl (C=O) groups excluding carboxylic acids is 2. The van der Waals surface area contributed by atoms with Crippen molar-refractivity contribution in [2.45, 2.75) is 19.0 Å². The van der Waals surface area contributed by atoms with Gasteiger partial charge in [0.25, 0.3) is 5.91 Å². The van der Waals surface area contributed by atoms with E-state index < -0.39 is 18.9 Å². The number of alkyl halides is 3. The molecule has 126 valence electrons. The van der Waals surface area contributed by atoms with Gasteiger partial charge in [0.1, 0.15) is 0 Å². The minimum atomic E-state index is -4.57. The third-order valence-corrected chi connectivity index (χ3v) is 3.32. The van der Waals surface area contributed by atoms with E-state index in [1.807, 2.05) is 0 Å². The lowest BCUT2D eigenvalue weighted by Crippen LogP contribution is -2.28. The SMILES string of the molecule is CN(CC1CC1)C(=O)c1ccc(NC(=O)OCC(F)(F)F)cc1. The van der Waals surface area contributed by atoms with E-state index in [9.17, 15) is 22.8 Å². The quantitative estimate of drug-likeness (QED) is 0.901. The fraction of sp³-hybridized carbons (Fsp3) is 0.467. The molecule has 0 aromatic heterocycles. The normalized spacial score (nSPS) is 14.3. The summed E-state index contributed by atoms with van der Waals surface area (Å²) >= 11 is 0. The van der Waals surface area contributed by atoms with Crippen molar-refractivity contribution in [3.8, 4) is 0 Å². The van der Waals surface area contributed by atoms with E-state index in [-0.39, 0.29) is 11.6 Å². The van der Waals surface area contributed by atoms with Gasteiger partial charge >= 0.3 is 12.3 Å². The van der Waals surface area contributed by atoms with Crippen LogP contribution in [0.25, 0.3) is 0 Å². The summed E-state index contributed by atoms with van der Waals surface area (Å²) in [5, 5.41) is 2.17. The van der Waals surface area contributed by atoms with Gasteiger partial charge < -0.3 is 9.64 Å². The summed E-state index contributed by atoms with van der Waals surface area (Å²) in [5.41, 5.74) is 0.695. The van der Waals surface area contributed by atoms with Crippen LogP contribution in [0.3, 0.4) is 0 Å². The molecule has 0 aliphatic heterocycles. The Kier molecular flexibility index (Phi) is 5.12. The Morgan fingerprint density at radius 2 is 1.87 bits per heavy atom. The van der Waals surface area contributed by atoms with E-state index in [1.165, 1.54) is 24.3 Å². The minimum absolute atomic E-state index is 0.136. The summed E-state index contributed by atoms with van der Waals surface area (Å²) < 4.78 is 39.8. The maximum Gasteiger partial charge on any atom is 0.422 e. The molecular weight excluding hydrogens is 313 g/mol. The molecule has 0 unspecified atom stereocenters. The summed E-state index contributed by atoms with van der Waals surface area (Å²) in [4.78, 5) is 25.0. The number of nitrogens with zero attached hydrogens (tertiary/aromatic N) is 1. The van der Waals surface area contributed by atoms with Crippen molar-refractivity contribution in [3.05, 3.63) is 29.8 Å². The van der Waals surface area contributed by atoms with E-state index in [2.05, 4.69) is 10.1 Å². The van der Waals surface area contributed by atoms with Gasteiger partial charge in [-0.2, -0.15) is 13.2 Å². The molecule has 2 amide bonds. The highest BCUT2D eigenvalue weighted by molar-refractivity contribution is 5.95. The number of nitrogens with one attached hydrogen (secondary N) is 1. The van der Waals surface area contributed by atoms with Crippen LogP contribution < -0.4 is 5.32 Å². The second kappa shape index (κ2) is 6.89. The molecule has 1 aliphatic carbocycles. The molecule has 0 spiro atoms. The van der Waals surface area contributed by atoms with E-state index in [0.29, 0.717) is 18.0 Å². The van der Waals surface area contributed by atoms with Gasteiger partial charge in [0.05, 0.1) is 0 Å². The van der Waals surface area contributed by atoms with Crippen molar-refractivity contribution >= 4 is 17.7 Å². The van der Waals surface area contributed by atoms with E-state index in [0.717, 1.165) is 12.8 Å². The molecule has 0 heterocycles. The standard InChI is InChI=1S/C15H17F3N2O3/c1-20(8-10-2-3-10)13(21)11-4-6-12(7-5-11)19-14(22)23-9-15(16,17)18/h4-7,10H,2-3,8-9H2,1H3,(H,19,22). The van der Waals surface area contributed by atoms with Crippen LogP contribution in [0, 0.1) is 5.92 Å². The van der Waals surface area contributed by atoms with Crippen LogP contribution in [0.15, 0.2) is 24.3 Å². The number of hydrogen-bond acceptors (Lipinski definition) is 3. The number of rotatable bonds is 5. The van der Waals surface area contributed by atoms with E-state index in [1.54, 1.807) is 11.9 Å². The molecule has 1 aromatic carbocycles. The molecule has 0 atom stereocenters. The zero-order valence-corrected chi connectivity index (χ0v) is 12.5. The van der Waals surface area contributed by atoms with Crippen LogP contribution in [0.1, 0.15) is 23.2 Å². The van der Waals surface area contributed by atoms with Gasteiger partial charge in [-0.05, 0) is 43.0 Å². The predicted molar refractivity (Wildman–Crippen MR) is 77.2 cm³/mol. The van der Waals surface area contributed by atoms with Gasteiger partial charge in [-0.3, -0.25) is 10.1 Å². The Morgan fingerprint density at radius 3 is 2.39 bits per heavy atom. The summed E-state index contributed by atoms with van der Waals surface area (Å²) in [7, 11) is 1.72. The molecule has 0 radical (unpaired) electrons. The fourth-order valence-corrected chi connectivity index (χ4v) is 1.99. The Hall–Kier alpha value is -2.25. The van der Waals surface area contributed by atoms with Crippen LogP contribution in [-0.2, 0) is 4.74 Å². The lowest BCUT2D eigenvalue weighted by molar-refractivity contribution is -0.159. The highest BCUT2D eigenvalue weighted by Crippen LogP contribution is 2.29. The predicted octanol–water partition coefficient (Wildman–Crippen LogP) is 3.28. The van der Waals surface area contributed by atoms with Crippen molar-refractivity contribution in [1.29, 1.82) is 0 Å². The Labute approximate surface area is 131 Å². The number of benzene rings is 1. The van der Waals surface area contributed by atoms with Gasteiger partial charge in [-0.25, -0.2) is 4.79 Å². The number of anilines is 1. The topological polar surface area (TPSA) is 58.6 Å². The molecule has 2 rings (SSSR count). The molecule has 1 saturated carbocycles. The first-order valence-corrected chi connectivity index (χ1v) is 7.10. The first-order valence-electron chi connectivity index (χ1n) is 7.10. The van der Waals surface area contributed by atoms with Gasteiger partial charge in [0.15, 0.2) is 6.61 Å². The Balaban J connectivity index is 1.86. The van der Waals surface area contributed by atoms with Crippen LogP contribution >= 0.6 is 0 Å².